The summed E-state index contributed by atoms with van der Waals surface area (Å²) < 4.78 is 0. The SMILES string of the molecule is N[C@H](CCCCNC(=O)CCC(=O)N1Cc2ccccc2C#Cc2ccccc21)C(=O)O. The van der Waals surface area contributed by atoms with Gasteiger partial charge in [-0.25, -0.2) is 0 Å². The smallest absolute Gasteiger partial charge is 0.320 e. The van der Waals surface area contributed by atoms with Crippen molar-refractivity contribution in [2.45, 2.75) is 44.7 Å². The molecule has 0 radical (unpaired) electrons. The minimum atomic E-state index is -1.02. The number of benzene rings is 2. The summed E-state index contributed by atoms with van der Waals surface area (Å²) in [7, 11) is 0. The second-order valence-electron chi connectivity index (χ2n) is 7.69. The van der Waals surface area contributed by atoms with Gasteiger partial charge < -0.3 is 21.1 Å². The van der Waals surface area contributed by atoms with E-state index in [1.165, 1.54) is 0 Å². The van der Waals surface area contributed by atoms with Crippen LogP contribution in [0.5, 0.6) is 0 Å². The van der Waals surface area contributed by atoms with Crippen molar-refractivity contribution in [3.63, 3.8) is 0 Å². The standard InChI is InChI=1S/C25H27N3O4/c26-21(25(31)32)10-5-6-16-27-23(29)14-15-24(30)28-17-20-9-2-1-7-18(20)12-13-19-8-3-4-11-22(19)28/h1-4,7-9,11,21H,5-6,10,14-17,26H2,(H,27,29)(H,31,32)/t21-/m1/s1. The Bertz CT molecular complexity index is 1050. The monoisotopic (exact) mass is 433 g/mol. The maximum atomic E-state index is 13.1. The highest BCUT2D eigenvalue weighted by atomic mass is 16.4. The van der Waals surface area contributed by atoms with Crippen molar-refractivity contribution in [2.75, 3.05) is 11.4 Å². The highest BCUT2D eigenvalue weighted by Crippen LogP contribution is 2.26. The Morgan fingerprint density at radius 1 is 1.00 bits per heavy atom. The Balaban J connectivity index is 1.56. The second kappa shape index (κ2) is 11.1. The fourth-order valence-corrected chi connectivity index (χ4v) is 3.49. The molecule has 1 aliphatic heterocycles. The molecule has 0 aliphatic carbocycles. The van der Waals surface area contributed by atoms with Crippen LogP contribution in [0.3, 0.4) is 0 Å². The van der Waals surface area contributed by atoms with Crippen LogP contribution in [-0.4, -0.2) is 35.5 Å². The number of carbonyl (C=O) groups excluding carboxylic acids is 2. The zero-order valence-corrected chi connectivity index (χ0v) is 17.8. The van der Waals surface area contributed by atoms with E-state index in [0.29, 0.717) is 32.4 Å². The molecule has 0 saturated heterocycles. The van der Waals surface area contributed by atoms with Gasteiger partial charge in [0.25, 0.3) is 0 Å². The van der Waals surface area contributed by atoms with Crippen molar-refractivity contribution >= 4 is 23.5 Å². The summed E-state index contributed by atoms with van der Waals surface area (Å²) in [6.45, 7) is 0.820. The average molecular weight is 434 g/mol. The Hall–Kier alpha value is -3.63. The average Bonchev–Trinajstić information content (AvgIpc) is 2.78. The van der Waals surface area contributed by atoms with Gasteiger partial charge in [-0.3, -0.25) is 14.4 Å². The van der Waals surface area contributed by atoms with E-state index < -0.39 is 12.0 Å². The number of para-hydroxylation sites is 1. The van der Waals surface area contributed by atoms with Gasteiger partial charge in [-0.15, -0.1) is 0 Å². The second-order valence-corrected chi connectivity index (χ2v) is 7.69. The van der Waals surface area contributed by atoms with Crippen LogP contribution >= 0.6 is 0 Å². The minimum Gasteiger partial charge on any atom is -0.480 e. The summed E-state index contributed by atoms with van der Waals surface area (Å²) in [6, 6.07) is 14.4. The van der Waals surface area contributed by atoms with Crippen LogP contribution in [0.1, 0.15) is 48.8 Å². The molecule has 32 heavy (non-hydrogen) atoms. The normalized spacial score (nSPS) is 12.8. The molecule has 0 fully saturated rings. The molecule has 2 aromatic carbocycles. The Labute approximate surface area is 187 Å². The van der Waals surface area contributed by atoms with Crippen molar-refractivity contribution in [1.82, 2.24) is 5.32 Å². The molecule has 1 aliphatic rings. The fourth-order valence-electron chi connectivity index (χ4n) is 3.49. The number of aliphatic carboxylic acids is 1. The molecule has 2 aromatic rings. The number of hydrogen-bond acceptors (Lipinski definition) is 4. The van der Waals surface area contributed by atoms with Gasteiger partial charge in [0.05, 0.1) is 12.2 Å². The quantitative estimate of drug-likeness (QED) is 0.415. The summed E-state index contributed by atoms with van der Waals surface area (Å²) >= 11 is 0. The molecule has 7 heteroatoms. The van der Waals surface area contributed by atoms with Gasteiger partial charge in [-0.05, 0) is 43.0 Å². The highest BCUT2D eigenvalue weighted by molar-refractivity contribution is 5.96. The van der Waals surface area contributed by atoms with Crippen LogP contribution in [0.2, 0.25) is 0 Å². The van der Waals surface area contributed by atoms with Crippen LogP contribution in [0, 0.1) is 11.8 Å². The number of nitrogens with zero attached hydrogens (tertiary/aromatic N) is 1. The summed E-state index contributed by atoms with van der Waals surface area (Å²) in [4.78, 5) is 37.7. The summed E-state index contributed by atoms with van der Waals surface area (Å²) in [5.74, 6) is 4.97. The van der Waals surface area contributed by atoms with Crippen molar-refractivity contribution in [3.05, 3.63) is 65.2 Å². The number of carbonyl (C=O) groups is 3. The lowest BCUT2D eigenvalue weighted by Crippen LogP contribution is -2.33. The molecule has 0 unspecified atom stereocenters. The molecule has 166 valence electrons. The molecule has 7 nitrogen and oxygen atoms in total. The molecule has 0 bridgehead atoms. The Kier molecular flexibility index (Phi) is 8.01. The van der Waals surface area contributed by atoms with Crippen molar-refractivity contribution < 1.29 is 19.5 Å². The number of anilines is 1. The molecule has 0 spiro atoms. The van der Waals surface area contributed by atoms with Crippen molar-refractivity contribution in [1.29, 1.82) is 0 Å². The van der Waals surface area contributed by atoms with E-state index in [-0.39, 0.29) is 24.7 Å². The van der Waals surface area contributed by atoms with Crippen LogP contribution < -0.4 is 16.0 Å². The lowest BCUT2D eigenvalue weighted by atomic mass is 10.0. The maximum absolute atomic E-state index is 13.1. The predicted molar refractivity (Wildman–Crippen MR) is 122 cm³/mol. The molecular formula is C25H27N3O4. The van der Waals surface area contributed by atoms with Gasteiger partial charge in [0, 0.05) is 30.5 Å². The third-order valence-electron chi connectivity index (χ3n) is 5.32. The maximum Gasteiger partial charge on any atom is 0.320 e. The van der Waals surface area contributed by atoms with E-state index >= 15 is 0 Å². The highest BCUT2D eigenvalue weighted by Gasteiger charge is 2.21. The number of nitrogens with one attached hydrogen (secondary N) is 1. The van der Waals surface area contributed by atoms with Crippen LogP contribution in [0.25, 0.3) is 0 Å². The van der Waals surface area contributed by atoms with E-state index in [1.54, 1.807) is 4.90 Å². The van der Waals surface area contributed by atoms with Crippen molar-refractivity contribution in [3.8, 4) is 11.8 Å². The first-order valence-corrected chi connectivity index (χ1v) is 10.7. The number of unbranched alkanes of at least 4 members (excludes halogenated alkanes) is 1. The largest absolute Gasteiger partial charge is 0.480 e. The molecule has 0 saturated carbocycles. The van der Waals surface area contributed by atoms with Gasteiger partial charge in [-0.2, -0.15) is 0 Å². The fraction of sp³-hybridized carbons (Fsp3) is 0.320. The summed E-state index contributed by atoms with van der Waals surface area (Å²) in [6.07, 6.45) is 1.77. The number of carboxylic acid groups (broad SMARTS) is 1. The lowest BCUT2D eigenvalue weighted by molar-refractivity contribution is -0.138. The van der Waals surface area contributed by atoms with Gasteiger partial charge in [0.2, 0.25) is 11.8 Å². The zero-order chi connectivity index (χ0) is 22.9. The topological polar surface area (TPSA) is 113 Å². The third-order valence-corrected chi connectivity index (χ3v) is 5.32. The molecular weight excluding hydrogens is 406 g/mol. The Morgan fingerprint density at radius 2 is 1.69 bits per heavy atom. The predicted octanol–water partition coefficient (Wildman–Crippen LogP) is 2.41. The number of carboxylic acids is 1. The van der Waals surface area contributed by atoms with E-state index in [2.05, 4.69) is 17.2 Å². The lowest BCUT2D eigenvalue weighted by Gasteiger charge is -2.26. The zero-order valence-electron chi connectivity index (χ0n) is 17.8. The van der Waals surface area contributed by atoms with Gasteiger partial charge in [0.15, 0.2) is 0 Å². The van der Waals surface area contributed by atoms with E-state index in [0.717, 1.165) is 22.4 Å². The first-order valence-electron chi connectivity index (χ1n) is 10.7. The van der Waals surface area contributed by atoms with Crippen LogP contribution in [0.4, 0.5) is 5.69 Å². The van der Waals surface area contributed by atoms with Crippen LogP contribution in [-0.2, 0) is 20.9 Å². The first kappa shape index (κ1) is 23.0. The van der Waals surface area contributed by atoms with E-state index in [1.807, 2.05) is 48.5 Å². The van der Waals surface area contributed by atoms with Gasteiger partial charge >= 0.3 is 5.97 Å². The number of rotatable bonds is 9. The number of amides is 2. The van der Waals surface area contributed by atoms with E-state index in [9.17, 15) is 14.4 Å². The van der Waals surface area contributed by atoms with Gasteiger partial charge in [0.1, 0.15) is 6.04 Å². The van der Waals surface area contributed by atoms with Crippen LogP contribution in [0.15, 0.2) is 48.5 Å². The van der Waals surface area contributed by atoms with E-state index in [4.69, 9.17) is 10.8 Å². The van der Waals surface area contributed by atoms with Gasteiger partial charge in [-0.1, -0.05) is 42.2 Å². The molecule has 0 aromatic heterocycles. The van der Waals surface area contributed by atoms with Crippen molar-refractivity contribution in [2.24, 2.45) is 5.73 Å². The third kappa shape index (κ3) is 6.19. The minimum absolute atomic E-state index is 0.0828. The Morgan fingerprint density at radius 3 is 2.47 bits per heavy atom. The first-order chi connectivity index (χ1) is 15.5. The molecule has 2 amide bonds. The number of hydrogen-bond donors (Lipinski definition) is 3. The molecule has 1 atom stereocenters. The molecule has 1 heterocycles. The number of nitrogens with two attached hydrogens (primary N) is 1. The molecule has 4 N–H and O–H groups in total. The number of fused-ring (bicyclic) bond motifs is 2. The molecule has 3 rings (SSSR count). The summed E-state index contributed by atoms with van der Waals surface area (Å²) in [5.41, 5.74) is 8.83. The summed E-state index contributed by atoms with van der Waals surface area (Å²) in [5, 5.41) is 11.5.